The SMILES string of the molecule is COc1cccc(C(=O)N2CCN(c3nccnc3NS(=O)(=O)c3ccccc3)CC2)c1. The van der Waals surface area contributed by atoms with Crippen LogP contribution in [0.1, 0.15) is 10.4 Å². The minimum atomic E-state index is -3.80. The third-order valence-electron chi connectivity index (χ3n) is 5.15. The Morgan fingerprint density at radius 1 is 0.969 bits per heavy atom. The number of anilines is 2. The Kier molecular flexibility index (Phi) is 6.22. The van der Waals surface area contributed by atoms with Gasteiger partial charge in [0.15, 0.2) is 11.6 Å². The van der Waals surface area contributed by atoms with Gasteiger partial charge in [-0.05, 0) is 30.3 Å². The second-order valence-corrected chi connectivity index (χ2v) is 8.84. The number of carbonyl (C=O) groups is 1. The fraction of sp³-hybridized carbons (Fsp3) is 0.227. The Bertz CT molecular complexity index is 1200. The number of nitrogens with one attached hydrogen (secondary N) is 1. The Morgan fingerprint density at radius 2 is 1.69 bits per heavy atom. The molecule has 4 rings (SSSR count). The number of nitrogens with zero attached hydrogens (tertiary/aromatic N) is 4. The van der Waals surface area contributed by atoms with Crippen molar-refractivity contribution in [3.05, 3.63) is 72.6 Å². The highest BCUT2D eigenvalue weighted by Crippen LogP contribution is 2.25. The van der Waals surface area contributed by atoms with Crippen molar-refractivity contribution in [1.82, 2.24) is 14.9 Å². The molecule has 0 aliphatic carbocycles. The van der Waals surface area contributed by atoms with E-state index in [9.17, 15) is 13.2 Å². The average Bonchev–Trinajstić information content (AvgIpc) is 2.84. The normalized spacial score (nSPS) is 14.2. The van der Waals surface area contributed by atoms with Gasteiger partial charge in [0.2, 0.25) is 0 Å². The summed E-state index contributed by atoms with van der Waals surface area (Å²) >= 11 is 0. The molecule has 0 bridgehead atoms. The maximum atomic E-state index is 12.9. The molecule has 1 aliphatic heterocycles. The molecule has 0 radical (unpaired) electrons. The summed E-state index contributed by atoms with van der Waals surface area (Å²) in [6.07, 6.45) is 2.96. The summed E-state index contributed by atoms with van der Waals surface area (Å²) in [5.41, 5.74) is 0.564. The van der Waals surface area contributed by atoms with Gasteiger partial charge in [0.1, 0.15) is 5.75 Å². The second-order valence-electron chi connectivity index (χ2n) is 7.16. The van der Waals surface area contributed by atoms with E-state index in [1.807, 2.05) is 4.90 Å². The van der Waals surface area contributed by atoms with Crippen LogP contribution in [0.2, 0.25) is 0 Å². The number of ether oxygens (including phenoxy) is 1. The molecule has 0 spiro atoms. The highest BCUT2D eigenvalue weighted by molar-refractivity contribution is 7.92. The van der Waals surface area contributed by atoms with E-state index in [1.54, 1.807) is 54.5 Å². The zero-order valence-electron chi connectivity index (χ0n) is 17.5. The number of aromatic nitrogens is 2. The molecule has 0 unspecified atom stereocenters. The van der Waals surface area contributed by atoms with Gasteiger partial charge in [0, 0.05) is 44.1 Å². The summed E-state index contributed by atoms with van der Waals surface area (Å²) < 4.78 is 33.2. The molecule has 0 atom stereocenters. The van der Waals surface area contributed by atoms with Crippen molar-refractivity contribution in [1.29, 1.82) is 0 Å². The Labute approximate surface area is 186 Å². The molecule has 1 fully saturated rings. The molecule has 1 amide bonds. The van der Waals surface area contributed by atoms with E-state index >= 15 is 0 Å². The zero-order valence-corrected chi connectivity index (χ0v) is 18.3. The standard InChI is InChI=1S/C22H23N5O4S/c1-31-18-7-5-6-17(16-18)22(28)27-14-12-26(13-15-27)21-20(23-10-11-24-21)25-32(29,30)19-8-3-2-4-9-19/h2-11,16H,12-15H2,1H3,(H,23,25). The van der Waals surface area contributed by atoms with Crippen LogP contribution in [0, 0.1) is 0 Å². The van der Waals surface area contributed by atoms with E-state index in [1.165, 1.54) is 24.5 Å². The van der Waals surface area contributed by atoms with Gasteiger partial charge in [-0.15, -0.1) is 0 Å². The topological polar surface area (TPSA) is 105 Å². The fourth-order valence-corrected chi connectivity index (χ4v) is 4.51. The van der Waals surface area contributed by atoms with Crippen LogP contribution in [0.3, 0.4) is 0 Å². The minimum absolute atomic E-state index is 0.0762. The van der Waals surface area contributed by atoms with E-state index in [-0.39, 0.29) is 16.6 Å². The van der Waals surface area contributed by atoms with Gasteiger partial charge in [0.25, 0.3) is 15.9 Å². The van der Waals surface area contributed by atoms with Crippen molar-refractivity contribution in [2.24, 2.45) is 0 Å². The predicted molar refractivity (Wildman–Crippen MR) is 120 cm³/mol. The summed E-state index contributed by atoms with van der Waals surface area (Å²) in [6.45, 7) is 1.93. The third-order valence-corrected chi connectivity index (χ3v) is 6.50. The molecule has 1 N–H and O–H groups in total. The molecule has 9 nitrogen and oxygen atoms in total. The summed E-state index contributed by atoms with van der Waals surface area (Å²) in [5, 5.41) is 0. The molecule has 1 aliphatic rings. The summed E-state index contributed by atoms with van der Waals surface area (Å²) in [7, 11) is -2.23. The molecular weight excluding hydrogens is 430 g/mol. The number of hydrogen-bond donors (Lipinski definition) is 1. The lowest BCUT2D eigenvalue weighted by atomic mass is 10.1. The van der Waals surface area contributed by atoms with Gasteiger partial charge in [-0.1, -0.05) is 24.3 Å². The number of amides is 1. The van der Waals surface area contributed by atoms with Gasteiger partial charge in [-0.2, -0.15) is 0 Å². The maximum Gasteiger partial charge on any atom is 0.263 e. The number of piperazine rings is 1. The molecule has 10 heteroatoms. The molecule has 1 saturated heterocycles. The molecule has 166 valence electrons. The molecule has 2 aromatic carbocycles. The Morgan fingerprint density at radius 3 is 2.41 bits per heavy atom. The first-order valence-corrected chi connectivity index (χ1v) is 11.5. The van der Waals surface area contributed by atoms with Crippen molar-refractivity contribution in [2.75, 3.05) is 42.9 Å². The number of rotatable bonds is 6. The summed E-state index contributed by atoms with van der Waals surface area (Å²) in [6, 6.07) is 15.1. The van der Waals surface area contributed by atoms with E-state index in [0.717, 1.165) is 0 Å². The first kappa shape index (κ1) is 21.6. The van der Waals surface area contributed by atoms with Crippen LogP contribution >= 0.6 is 0 Å². The van der Waals surface area contributed by atoms with Crippen LogP contribution in [0.15, 0.2) is 71.9 Å². The lowest BCUT2D eigenvalue weighted by Crippen LogP contribution is -2.49. The van der Waals surface area contributed by atoms with Gasteiger partial charge in [0.05, 0.1) is 12.0 Å². The van der Waals surface area contributed by atoms with E-state index in [0.29, 0.717) is 43.3 Å². The molecule has 32 heavy (non-hydrogen) atoms. The molecule has 0 saturated carbocycles. The Hall–Kier alpha value is -3.66. The second kappa shape index (κ2) is 9.23. The first-order valence-electron chi connectivity index (χ1n) is 10.0. The fourth-order valence-electron chi connectivity index (χ4n) is 3.48. The number of carbonyl (C=O) groups excluding carboxylic acids is 1. The Balaban J connectivity index is 1.47. The number of sulfonamides is 1. The van der Waals surface area contributed by atoms with Crippen molar-refractivity contribution in [3.8, 4) is 5.75 Å². The highest BCUT2D eigenvalue weighted by Gasteiger charge is 2.26. The van der Waals surface area contributed by atoms with Gasteiger partial charge < -0.3 is 14.5 Å². The number of methoxy groups -OCH3 is 1. The van der Waals surface area contributed by atoms with Crippen LogP contribution in [-0.2, 0) is 10.0 Å². The van der Waals surface area contributed by atoms with E-state index < -0.39 is 10.0 Å². The molecule has 1 aromatic heterocycles. The quantitative estimate of drug-likeness (QED) is 0.610. The van der Waals surface area contributed by atoms with Crippen molar-refractivity contribution >= 4 is 27.6 Å². The maximum absolute atomic E-state index is 12.9. The van der Waals surface area contributed by atoms with Gasteiger partial charge in [-0.3, -0.25) is 9.52 Å². The van der Waals surface area contributed by atoms with E-state index in [2.05, 4.69) is 14.7 Å². The third kappa shape index (κ3) is 4.65. The lowest BCUT2D eigenvalue weighted by Gasteiger charge is -2.35. The van der Waals surface area contributed by atoms with Crippen molar-refractivity contribution in [2.45, 2.75) is 4.90 Å². The number of benzene rings is 2. The van der Waals surface area contributed by atoms with Crippen LogP contribution in [0.5, 0.6) is 5.75 Å². The van der Waals surface area contributed by atoms with Crippen LogP contribution in [-0.4, -0.2) is 62.5 Å². The molecule has 3 aromatic rings. The largest absolute Gasteiger partial charge is 0.497 e. The molecule has 2 heterocycles. The minimum Gasteiger partial charge on any atom is -0.497 e. The smallest absolute Gasteiger partial charge is 0.263 e. The number of hydrogen-bond acceptors (Lipinski definition) is 7. The van der Waals surface area contributed by atoms with Crippen molar-refractivity contribution in [3.63, 3.8) is 0 Å². The van der Waals surface area contributed by atoms with E-state index in [4.69, 9.17) is 4.74 Å². The van der Waals surface area contributed by atoms with Gasteiger partial charge >= 0.3 is 0 Å². The van der Waals surface area contributed by atoms with Crippen LogP contribution < -0.4 is 14.4 Å². The van der Waals surface area contributed by atoms with Crippen LogP contribution in [0.25, 0.3) is 0 Å². The summed E-state index contributed by atoms with van der Waals surface area (Å²) in [4.78, 5) is 25.2. The van der Waals surface area contributed by atoms with Crippen molar-refractivity contribution < 1.29 is 17.9 Å². The monoisotopic (exact) mass is 453 g/mol. The highest BCUT2D eigenvalue weighted by atomic mass is 32.2. The zero-order chi connectivity index (χ0) is 22.6. The predicted octanol–water partition coefficient (Wildman–Crippen LogP) is 2.25. The first-order chi connectivity index (χ1) is 15.5. The average molecular weight is 454 g/mol. The van der Waals surface area contributed by atoms with Crippen LogP contribution in [0.4, 0.5) is 11.6 Å². The van der Waals surface area contributed by atoms with Gasteiger partial charge in [-0.25, -0.2) is 18.4 Å². The molecular formula is C22H23N5O4S. The lowest BCUT2D eigenvalue weighted by molar-refractivity contribution is 0.0746. The summed E-state index contributed by atoms with van der Waals surface area (Å²) in [5.74, 6) is 1.14.